The zero-order valence-electron chi connectivity index (χ0n) is 19.6. The number of esters is 1. The number of rotatable bonds is 8. The van der Waals surface area contributed by atoms with Crippen LogP contribution in [0.1, 0.15) is 29.8 Å². The highest BCUT2D eigenvalue weighted by Gasteiger charge is 2.46. The Kier molecular flexibility index (Phi) is 7.11. The Balaban J connectivity index is 1.51. The van der Waals surface area contributed by atoms with Crippen molar-refractivity contribution in [3.8, 4) is 0 Å². The van der Waals surface area contributed by atoms with E-state index in [1.54, 1.807) is 42.4 Å². The number of imide groups is 1. The van der Waals surface area contributed by atoms with E-state index in [0.717, 1.165) is 10.5 Å². The maximum Gasteiger partial charge on any atom is 0.338 e. The number of hydrogen-bond donors (Lipinski definition) is 2. The Labute approximate surface area is 203 Å². The molecule has 2 aliphatic rings. The van der Waals surface area contributed by atoms with Crippen molar-refractivity contribution in [1.29, 1.82) is 0 Å². The minimum absolute atomic E-state index is 0.101. The lowest BCUT2D eigenvalue weighted by Crippen LogP contribution is -2.61. The highest BCUT2D eigenvalue weighted by Crippen LogP contribution is 2.27. The summed E-state index contributed by atoms with van der Waals surface area (Å²) in [6.07, 6.45) is 1.68. The first-order valence-corrected chi connectivity index (χ1v) is 11.4. The lowest BCUT2D eigenvalue weighted by atomic mass is 10.1. The number of nitrogens with one attached hydrogen (secondary N) is 2. The van der Waals surface area contributed by atoms with Crippen molar-refractivity contribution in [1.82, 2.24) is 20.2 Å². The van der Waals surface area contributed by atoms with E-state index >= 15 is 0 Å². The normalized spacial score (nSPS) is 17.3. The molecule has 0 aromatic heterocycles. The highest BCUT2D eigenvalue weighted by molar-refractivity contribution is 6.05. The smallest absolute Gasteiger partial charge is 0.338 e. The fourth-order valence-corrected chi connectivity index (χ4v) is 3.92. The number of anilines is 1. The van der Waals surface area contributed by atoms with Gasteiger partial charge in [0.2, 0.25) is 5.91 Å². The van der Waals surface area contributed by atoms with E-state index in [2.05, 4.69) is 10.7 Å². The average Bonchev–Trinajstić information content (AvgIpc) is 3.30. The first-order valence-electron chi connectivity index (χ1n) is 11.4. The minimum atomic E-state index is -0.756. The van der Waals surface area contributed by atoms with Crippen LogP contribution in [0.2, 0.25) is 0 Å². The first-order chi connectivity index (χ1) is 16.9. The van der Waals surface area contributed by atoms with Gasteiger partial charge in [-0.2, -0.15) is 0 Å². The van der Waals surface area contributed by atoms with Crippen LogP contribution < -0.4 is 10.7 Å². The number of ether oxygens (including phenoxy) is 1. The number of urea groups is 1. The minimum Gasteiger partial charge on any atom is -0.462 e. The Morgan fingerprint density at radius 1 is 1.00 bits per heavy atom. The summed E-state index contributed by atoms with van der Waals surface area (Å²) in [4.78, 5) is 53.7. The lowest BCUT2D eigenvalue weighted by Gasteiger charge is -2.37. The van der Waals surface area contributed by atoms with E-state index < -0.39 is 23.9 Å². The molecule has 182 valence electrons. The van der Waals surface area contributed by atoms with E-state index in [1.165, 1.54) is 4.90 Å². The van der Waals surface area contributed by atoms with Crippen molar-refractivity contribution in [2.75, 3.05) is 25.0 Å². The summed E-state index contributed by atoms with van der Waals surface area (Å²) in [5.74, 6) is -1.25. The first kappa shape index (κ1) is 24.0. The molecule has 0 saturated carbocycles. The summed E-state index contributed by atoms with van der Waals surface area (Å²) in [5, 5.41) is 4.46. The Bertz CT molecular complexity index is 1150. The number of nitrogens with zero attached hydrogens (tertiary/aromatic N) is 3. The molecule has 35 heavy (non-hydrogen) atoms. The molecule has 4 rings (SSSR count). The molecule has 4 amide bonds. The van der Waals surface area contributed by atoms with Crippen molar-refractivity contribution in [2.24, 2.45) is 0 Å². The van der Waals surface area contributed by atoms with Crippen LogP contribution in [0.3, 0.4) is 0 Å². The number of benzene rings is 2. The molecule has 1 fully saturated rings. The Hall–Kier alpha value is -4.18. The van der Waals surface area contributed by atoms with Crippen molar-refractivity contribution in [2.45, 2.75) is 26.4 Å². The van der Waals surface area contributed by atoms with Crippen LogP contribution >= 0.6 is 0 Å². The van der Waals surface area contributed by atoms with Gasteiger partial charge in [0.1, 0.15) is 12.6 Å². The van der Waals surface area contributed by atoms with Crippen LogP contribution in [0.5, 0.6) is 0 Å². The molecule has 2 aliphatic heterocycles. The molecule has 1 unspecified atom stereocenters. The third-order valence-corrected chi connectivity index (χ3v) is 5.67. The zero-order valence-corrected chi connectivity index (χ0v) is 19.6. The monoisotopic (exact) mass is 477 g/mol. The van der Waals surface area contributed by atoms with Crippen molar-refractivity contribution >= 4 is 29.5 Å². The standard InChI is InChI=1S/C25H27N5O5/c1-3-28-15-20-22(27-28)23(32)30(14-17-8-6-5-7-9-17)25(34)29(20)16-21(31)26-19-12-10-18(11-13-19)24(33)35-4-2/h5-13,15,22,27H,3-4,14,16H2,1-2H3,(H,26,31). The van der Waals surface area contributed by atoms with Crippen LogP contribution in [0.4, 0.5) is 10.5 Å². The molecule has 2 heterocycles. The van der Waals surface area contributed by atoms with Gasteiger partial charge in [0, 0.05) is 18.4 Å². The predicted octanol–water partition coefficient (Wildman–Crippen LogP) is 2.32. The van der Waals surface area contributed by atoms with Crippen molar-refractivity contribution in [3.05, 3.63) is 77.6 Å². The van der Waals surface area contributed by atoms with Crippen LogP contribution in [0.25, 0.3) is 0 Å². The van der Waals surface area contributed by atoms with Gasteiger partial charge >= 0.3 is 12.0 Å². The Morgan fingerprint density at radius 3 is 2.37 bits per heavy atom. The highest BCUT2D eigenvalue weighted by atomic mass is 16.5. The fraction of sp³-hybridized carbons (Fsp3) is 0.280. The van der Waals surface area contributed by atoms with E-state index in [4.69, 9.17) is 4.74 Å². The van der Waals surface area contributed by atoms with Crippen LogP contribution in [-0.4, -0.2) is 64.4 Å². The quantitative estimate of drug-likeness (QED) is 0.562. The molecular formula is C25H27N5O5. The van der Waals surface area contributed by atoms with E-state index in [9.17, 15) is 19.2 Å². The predicted molar refractivity (Wildman–Crippen MR) is 128 cm³/mol. The number of carbonyl (C=O) groups excluding carboxylic acids is 4. The third kappa shape index (κ3) is 5.17. The molecule has 10 heteroatoms. The van der Waals surface area contributed by atoms with E-state index in [-0.39, 0.29) is 25.6 Å². The van der Waals surface area contributed by atoms with Gasteiger partial charge in [-0.3, -0.25) is 19.4 Å². The molecule has 2 aromatic carbocycles. The molecule has 0 bridgehead atoms. The summed E-state index contributed by atoms with van der Waals surface area (Å²) in [7, 11) is 0. The second kappa shape index (κ2) is 10.4. The van der Waals surface area contributed by atoms with E-state index in [1.807, 2.05) is 37.3 Å². The van der Waals surface area contributed by atoms with Gasteiger partial charge in [-0.1, -0.05) is 30.3 Å². The number of amides is 4. The molecule has 1 saturated heterocycles. The topological polar surface area (TPSA) is 111 Å². The SMILES string of the molecule is CCOC(=O)c1ccc(NC(=O)CN2C(=O)N(Cc3ccccc3)C(=O)C3NN(CC)C=C32)cc1. The number of carbonyl (C=O) groups is 4. The van der Waals surface area contributed by atoms with Gasteiger partial charge in [0.25, 0.3) is 5.91 Å². The van der Waals surface area contributed by atoms with Gasteiger partial charge in [-0.25, -0.2) is 15.0 Å². The summed E-state index contributed by atoms with van der Waals surface area (Å²) >= 11 is 0. The maximum atomic E-state index is 13.4. The molecule has 0 aliphatic carbocycles. The average molecular weight is 478 g/mol. The molecule has 1 atom stereocenters. The summed E-state index contributed by atoms with van der Waals surface area (Å²) in [6.45, 7) is 4.30. The summed E-state index contributed by atoms with van der Waals surface area (Å²) in [5.41, 5.74) is 5.16. The second-order valence-corrected chi connectivity index (χ2v) is 8.03. The van der Waals surface area contributed by atoms with Crippen LogP contribution in [0, 0.1) is 0 Å². The fourth-order valence-electron chi connectivity index (χ4n) is 3.92. The Morgan fingerprint density at radius 2 is 1.71 bits per heavy atom. The number of hydrogen-bond acceptors (Lipinski definition) is 7. The largest absolute Gasteiger partial charge is 0.462 e. The molecule has 0 spiro atoms. The maximum absolute atomic E-state index is 13.4. The molecule has 2 N–H and O–H groups in total. The molecule has 10 nitrogen and oxygen atoms in total. The third-order valence-electron chi connectivity index (χ3n) is 5.67. The van der Waals surface area contributed by atoms with Gasteiger partial charge < -0.3 is 15.1 Å². The van der Waals surface area contributed by atoms with Gasteiger partial charge in [0.15, 0.2) is 0 Å². The molecular weight excluding hydrogens is 450 g/mol. The number of hydrazine groups is 1. The second-order valence-electron chi connectivity index (χ2n) is 8.03. The van der Waals surface area contributed by atoms with Crippen molar-refractivity contribution < 1.29 is 23.9 Å². The summed E-state index contributed by atoms with van der Waals surface area (Å²) in [6, 6.07) is 14.2. The molecule has 2 aromatic rings. The lowest BCUT2D eigenvalue weighted by molar-refractivity contribution is -0.133. The summed E-state index contributed by atoms with van der Waals surface area (Å²) < 4.78 is 4.96. The molecule has 0 radical (unpaired) electrons. The van der Waals surface area contributed by atoms with Crippen molar-refractivity contribution in [3.63, 3.8) is 0 Å². The van der Waals surface area contributed by atoms with Gasteiger partial charge in [-0.05, 0) is 43.7 Å². The number of fused-ring (bicyclic) bond motifs is 1. The zero-order chi connectivity index (χ0) is 24.9. The van der Waals surface area contributed by atoms with Gasteiger partial charge in [0.05, 0.1) is 24.4 Å². The van der Waals surface area contributed by atoms with Gasteiger partial charge in [-0.15, -0.1) is 0 Å². The van der Waals surface area contributed by atoms with Crippen LogP contribution in [0.15, 0.2) is 66.5 Å². The van der Waals surface area contributed by atoms with E-state index in [0.29, 0.717) is 23.5 Å². The van der Waals surface area contributed by atoms with Crippen LogP contribution in [-0.2, 0) is 20.9 Å².